The van der Waals surface area contributed by atoms with Crippen LogP contribution in [0.25, 0.3) is 10.9 Å². The third-order valence-corrected chi connectivity index (χ3v) is 2.37. The first-order chi connectivity index (χ1) is 7.65. The van der Waals surface area contributed by atoms with Gasteiger partial charge in [0, 0.05) is 11.5 Å². The Balaban J connectivity index is 0.00000144. The average molecular weight is 276 g/mol. The van der Waals surface area contributed by atoms with Crippen molar-refractivity contribution in [3.8, 4) is 11.5 Å². The van der Waals surface area contributed by atoms with Gasteiger partial charge >= 0.3 is 0 Å². The third-order valence-electron chi connectivity index (χ3n) is 2.20. The summed E-state index contributed by atoms with van der Waals surface area (Å²) in [5.41, 5.74) is 6.36. The Morgan fingerprint density at radius 1 is 1.12 bits per heavy atom. The van der Waals surface area contributed by atoms with E-state index in [0.29, 0.717) is 28.2 Å². The number of aromatic nitrogens is 2. The van der Waals surface area contributed by atoms with E-state index in [0.717, 1.165) is 0 Å². The summed E-state index contributed by atoms with van der Waals surface area (Å²) in [5.74, 6) is 1.47. The van der Waals surface area contributed by atoms with Gasteiger partial charge in [0.25, 0.3) is 0 Å². The maximum absolute atomic E-state index is 5.74. The van der Waals surface area contributed by atoms with Gasteiger partial charge in [-0.1, -0.05) is 0 Å². The lowest BCUT2D eigenvalue weighted by molar-refractivity contribution is 0.356. The molecule has 0 aliphatic heterocycles. The fraction of sp³-hybridized carbons (Fsp3) is 0.200. The van der Waals surface area contributed by atoms with Crippen LogP contribution in [0, 0.1) is 0 Å². The average Bonchev–Trinajstić information content (AvgIpc) is 2.27. The van der Waals surface area contributed by atoms with E-state index in [9.17, 15) is 0 Å². The van der Waals surface area contributed by atoms with E-state index in [4.69, 9.17) is 26.8 Å². The number of hydrogen-bond donors (Lipinski definition) is 1. The SMILES string of the molecule is COc1cc2nc(Cl)nc(N)c2cc1OC.Cl. The second-order valence-electron chi connectivity index (χ2n) is 3.10. The highest BCUT2D eigenvalue weighted by Crippen LogP contribution is 2.33. The van der Waals surface area contributed by atoms with Crippen molar-refractivity contribution in [3.63, 3.8) is 0 Å². The first-order valence-corrected chi connectivity index (χ1v) is 4.88. The van der Waals surface area contributed by atoms with E-state index in [1.807, 2.05) is 0 Å². The molecule has 0 aliphatic carbocycles. The van der Waals surface area contributed by atoms with Gasteiger partial charge in [-0.05, 0) is 17.7 Å². The molecular weight excluding hydrogens is 265 g/mol. The molecule has 2 N–H and O–H groups in total. The van der Waals surface area contributed by atoms with E-state index >= 15 is 0 Å². The Kier molecular flexibility index (Phi) is 4.20. The van der Waals surface area contributed by atoms with Crippen molar-refractivity contribution < 1.29 is 9.47 Å². The molecule has 17 heavy (non-hydrogen) atoms. The topological polar surface area (TPSA) is 70.3 Å². The molecule has 0 radical (unpaired) electrons. The minimum atomic E-state index is 0. The first kappa shape index (κ1) is 13.6. The van der Waals surface area contributed by atoms with Gasteiger partial charge in [0.15, 0.2) is 11.5 Å². The van der Waals surface area contributed by atoms with Crippen molar-refractivity contribution in [3.05, 3.63) is 17.4 Å². The highest BCUT2D eigenvalue weighted by Gasteiger charge is 2.10. The number of nitrogens with zero attached hydrogens (tertiary/aromatic N) is 2. The van der Waals surface area contributed by atoms with Crippen LogP contribution in [0.15, 0.2) is 12.1 Å². The fourth-order valence-electron chi connectivity index (χ4n) is 1.45. The molecule has 0 amide bonds. The third kappa shape index (κ3) is 2.45. The second kappa shape index (κ2) is 5.25. The molecule has 0 bridgehead atoms. The van der Waals surface area contributed by atoms with Crippen molar-refractivity contribution in [1.29, 1.82) is 0 Å². The molecule has 5 nitrogen and oxygen atoms in total. The number of nitrogen functional groups attached to an aromatic ring is 1. The van der Waals surface area contributed by atoms with Crippen LogP contribution in [0.2, 0.25) is 5.28 Å². The second-order valence-corrected chi connectivity index (χ2v) is 3.44. The summed E-state index contributed by atoms with van der Waals surface area (Å²) >= 11 is 5.72. The summed E-state index contributed by atoms with van der Waals surface area (Å²) in [7, 11) is 3.10. The van der Waals surface area contributed by atoms with Crippen LogP contribution in [-0.2, 0) is 0 Å². The minimum absolute atomic E-state index is 0. The summed E-state index contributed by atoms with van der Waals surface area (Å²) < 4.78 is 10.3. The zero-order chi connectivity index (χ0) is 11.7. The highest BCUT2D eigenvalue weighted by atomic mass is 35.5. The highest BCUT2D eigenvalue weighted by molar-refractivity contribution is 6.28. The van der Waals surface area contributed by atoms with Crippen molar-refractivity contribution in [2.45, 2.75) is 0 Å². The van der Waals surface area contributed by atoms with Gasteiger partial charge in [0.1, 0.15) is 5.82 Å². The van der Waals surface area contributed by atoms with Gasteiger partial charge < -0.3 is 15.2 Å². The van der Waals surface area contributed by atoms with Gasteiger partial charge in [-0.2, -0.15) is 0 Å². The number of rotatable bonds is 2. The van der Waals surface area contributed by atoms with Gasteiger partial charge in [-0.15, -0.1) is 12.4 Å². The smallest absolute Gasteiger partial charge is 0.224 e. The molecule has 0 fully saturated rings. The molecule has 2 rings (SSSR count). The van der Waals surface area contributed by atoms with Crippen molar-refractivity contribution in [2.24, 2.45) is 0 Å². The monoisotopic (exact) mass is 275 g/mol. The molecular formula is C10H11Cl2N3O2. The van der Waals surface area contributed by atoms with Crippen LogP contribution in [-0.4, -0.2) is 24.2 Å². The molecule has 0 unspecified atom stereocenters. The zero-order valence-corrected chi connectivity index (χ0v) is 10.8. The minimum Gasteiger partial charge on any atom is -0.493 e. The van der Waals surface area contributed by atoms with E-state index in [-0.39, 0.29) is 17.7 Å². The number of hydrogen-bond acceptors (Lipinski definition) is 5. The lowest BCUT2D eigenvalue weighted by Gasteiger charge is -2.09. The fourth-order valence-corrected chi connectivity index (χ4v) is 1.63. The molecule has 7 heteroatoms. The molecule has 0 spiro atoms. The number of anilines is 1. The lowest BCUT2D eigenvalue weighted by atomic mass is 10.2. The van der Waals surface area contributed by atoms with E-state index in [1.165, 1.54) is 0 Å². The summed E-state index contributed by atoms with van der Waals surface area (Å²) in [6, 6.07) is 3.43. The van der Waals surface area contributed by atoms with Crippen LogP contribution >= 0.6 is 24.0 Å². The van der Waals surface area contributed by atoms with Crippen LogP contribution < -0.4 is 15.2 Å². The quantitative estimate of drug-likeness (QED) is 0.852. The van der Waals surface area contributed by atoms with Crippen LogP contribution in [0.3, 0.4) is 0 Å². The van der Waals surface area contributed by atoms with Crippen molar-refractivity contribution in [2.75, 3.05) is 20.0 Å². The summed E-state index contributed by atoms with van der Waals surface area (Å²) in [6.45, 7) is 0. The zero-order valence-electron chi connectivity index (χ0n) is 9.23. The Morgan fingerprint density at radius 2 is 1.71 bits per heavy atom. The van der Waals surface area contributed by atoms with Crippen LogP contribution in [0.4, 0.5) is 5.82 Å². The molecule has 1 aromatic carbocycles. The largest absolute Gasteiger partial charge is 0.493 e. The summed E-state index contributed by atoms with van der Waals surface area (Å²) in [6.07, 6.45) is 0. The van der Waals surface area contributed by atoms with Gasteiger partial charge in [-0.25, -0.2) is 9.97 Å². The van der Waals surface area contributed by atoms with Crippen molar-refractivity contribution >= 4 is 40.7 Å². The number of nitrogens with two attached hydrogens (primary N) is 1. The normalized spacial score (nSPS) is 9.82. The van der Waals surface area contributed by atoms with E-state index in [2.05, 4.69) is 9.97 Å². The van der Waals surface area contributed by atoms with E-state index < -0.39 is 0 Å². The predicted molar refractivity (Wildman–Crippen MR) is 69.3 cm³/mol. The number of ether oxygens (including phenoxy) is 2. The number of methoxy groups -OCH3 is 2. The van der Waals surface area contributed by atoms with Gasteiger partial charge in [0.2, 0.25) is 5.28 Å². The number of halogens is 2. The molecule has 0 atom stereocenters. The molecule has 1 heterocycles. The van der Waals surface area contributed by atoms with Gasteiger partial charge in [0.05, 0.1) is 19.7 Å². The number of benzene rings is 1. The molecule has 0 saturated heterocycles. The van der Waals surface area contributed by atoms with Crippen LogP contribution in [0.1, 0.15) is 0 Å². The molecule has 92 valence electrons. The number of fused-ring (bicyclic) bond motifs is 1. The predicted octanol–water partition coefficient (Wildman–Crippen LogP) is 2.30. The Hall–Kier alpha value is -1.46. The van der Waals surface area contributed by atoms with Crippen molar-refractivity contribution in [1.82, 2.24) is 9.97 Å². The Bertz CT molecular complexity index is 549. The summed E-state index contributed by atoms with van der Waals surface area (Å²) in [5, 5.41) is 0.791. The Morgan fingerprint density at radius 3 is 2.29 bits per heavy atom. The van der Waals surface area contributed by atoms with Crippen LogP contribution in [0.5, 0.6) is 11.5 Å². The maximum Gasteiger partial charge on any atom is 0.224 e. The van der Waals surface area contributed by atoms with Gasteiger partial charge in [-0.3, -0.25) is 0 Å². The van der Waals surface area contributed by atoms with E-state index in [1.54, 1.807) is 26.4 Å². The standard InChI is InChI=1S/C10H10ClN3O2.ClH/c1-15-7-3-5-6(4-8(7)16-2)13-10(11)14-9(5)12;/h3-4H,1-2H3,(H2,12,13,14);1H. The molecule has 0 saturated carbocycles. The maximum atomic E-state index is 5.74. The first-order valence-electron chi connectivity index (χ1n) is 4.50. The Labute approximate surface area is 109 Å². The molecule has 2 aromatic rings. The summed E-state index contributed by atoms with van der Waals surface area (Å²) in [4.78, 5) is 7.93. The molecule has 1 aromatic heterocycles. The molecule has 0 aliphatic rings. The lowest BCUT2D eigenvalue weighted by Crippen LogP contribution is -1.97.